The first-order valence-corrected chi connectivity index (χ1v) is 8.13. The number of H-pyrrole nitrogens is 1. The molecule has 1 aliphatic carbocycles. The maximum atomic E-state index is 5.88. The molecular formula is C19H16N4O. The Hall–Kier alpha value is -3.08. The SMILES string of the molecule is c1cc2[nH]ncc2cc1Nc1ncc(-c2ccc3c(c2)CCC3)o1. The summed E-state index contributed by atoms with van der Waals surface area (Å²) in [5.41, 5.74) is 5.91. The molecule has 0 saturated carbocycles. The maximum Gasteiger partial charge on any atom is 0.299 e. The maximum absolute atomic E-state index is 5.88. The molecule has 1 aliphatic rings. The fourth-order valence-electron chi connectivity index (χ4n) is 3.33. The predicted molar refractivity (Wildman–Crippen MR) is 93.3 cm³/mol. The van der Waals surface area contributed by atoms with Gasteiger partial charge in [0, 0.05) is 16.6 Å². The number of rotatable bonds is 3. The van der Waals surface area contributed by atoms with Crippen LogP contribution in [0.25, 0.3) is 22.2 Å². The van der Waals surface area contributed by atoms with Crippen molar-refractivity contribution in [2.24, 2.45) is 0 Å². The minimum absolute atomic E-state index is 0.494. The van der Waals surface area contributed by atoms with Gasteiger partial charge in [0.15, 0.2) is 5.76 Å². The average molecular weight is 316 g/mol. The topological polar surface area (TPSA) is 66.7 Å². The molecule has 0 unspecified atom stereocenters. The molecule has 0 fully saturated rings. The summed E-state index contributed by atoms with van der Waals surface area (Å²) in [6.07, 6.45) is 7.17. The number of nitrogens with zero attached hydrogens (tertiary/aromatic N) is 2. The monoisotopic (exact) mass is 316 g/mol. The van der Waals surface area contributed by atoms with Crippen molar-refractivity contribution in [2.75, 3.05) is 5.32 Å². The zero-order valence-electron chi connectivity index (χ0n) is 13.0. The van der Waals surface area contributed by atoms with E-state index in [-0.39, 0.29) is 0 Å². The highest BCUT2D eigenvalue weighted by atomic mass is 16.4. The van der Waals surface area contributed by atoms with Crippen LogP contribution in [0.1, 0.15) is 17.5 Å². The molecule has 0 spiro atoms. The van der Waals surface area contributed by atoms with E-state index in [1.165, 1.54) is 24.0 Å². The van der Waals surface area contributed by atoms with E-state index in [9.17, 15) is 0 Å². The summed E-state index contributed by atoms with van der Waals surface area (Å²) in [5.74, 6) is 0.789. The van der Waals surface area contributed by atoms with E-state index in [0.717, 1.165) is 34.3 Å². The predicted octanol–water partition coefficient (Wildman–Crippen LogP) is 4.45. The third kappa shape index (κ3) is 2.25. The number of fused-ring (bicyclic) bond motifs is 2. The Labute approximate surface area is 138 Å². The summed E-state index contributed by atoms with van der Waals surface area (Å²) in [5, 5.41) is 11.2. The van der Waals surface area contributed by atoms with Gasteiger partial charge in [-0.05, 0) is 54.7 Å². The van der Waals surface area contributed by atoms with Crippen LogP contribution in [0.5, 0.6) is 0 Å². The van der Waals surface area contributed by atoms with Gasteiger partial charge < -0.3 is 9.73 Å². The van der Waals surface area contributed by atoms with E-state index < -0.39 is 0 Å². The average Bonchev–Trinajstić information content (AvgIpc) is 3.34. The molecule has 0 bridgehead atoms. The summed E-state index contributed by atoms with van der Waals surface area (Å²) < 4.78 is 5.88. The van der Waals surface area contributed by atoms with Gasteiger partial charge in [-0.1, -0.05) is 12.1 Å². The molecule has 0 radical (unpaired) electrons. The third-order valence-electron chi connectivity index (χ3n) is 4.58. The van der Waals surface area contributed by atoms with Gasteiger partial charge in [0.1, 0.15) is 0 Å². The van der Waals surface area contributed by atoms with Gasteiger partial charge in [0.25, 0.3) is 6.01 Å². The van der Waals surface area contributed by atoms with Gasteiger partial charge in [-0.3, -0.25) is 5.10 Å². The van der Waals surface area contributed by atoms with Crippen molar-refractivity contribution in [2.45, 2.75) is 19.3 Å². The number of aromatic nitrogens is 3. The van der Waals surface area contributed by atoms with Crippen molar-refractivity contribution < 1.29 is 4.42 Å². The molecule has 0 aliphatic heterocycles. The second-order valence-corrected chi connectivity index (χ2v) is 6.16. The fourth-order valence-corrected chi connectivity index (χ4v) is 3.33. The zero-order valence-corrected chi connectivity index (χ0v) is 13.0. The van der Waals surface area contributed by atoms with E-state index in [2.05, 4.69) is 38.7 Å². The van der Waals surface area contributed by atoms with Gasteiger partial charge >= 0.3 is 0 Å². The summed E-state index contributed by atoms with van der Waals surface area (Å²) in [7, 11) is 0. The lowest BCUT2D eigenvalue weighted by molar-refractivity contribution is 0.592. The number of benzene rings is 2. The molecule has 0 atom stereocenters. The first-order chi connectivity index (χ1) is 11.8. The van der Waals surface area contributed by atoms with Gasteiger partial charge in [-0.25, -0.2) is 4.98 Å². The second-order valence-electron chi connectivity index (χ2n) is 6.16. The summed E-state index contributed by atoms with van der Waals surface area (Å²) >= 11 is 0. The third-order valence-corrected chi connectivity index (χ3v) is 4.58. The lowest BCUT2D eigenvalue weighted by atomic mass is 10.1. The van der Waals surface area contributed by atoms with E-state index in [4.69, 9.17) is 4.42 Å². The Morgan fingerprint density at radius 1 is 1.00 bits per heavy atom. The highest BCUT2D eigenvalue weighted by molar-refractivity contribution is 5.82. The summed E-state index contributed by atoms with van der Waals surface area (Å²) in [6, 6.07) is 13.0. The molecule has 2 aromatic carbocycles. The highest BCUT2D eigenvalue weighted by Gasteiger charge is 2.13. The first kappa shape index (κ1) is 13.4. The van der Waals surface area contributed by atoms with Gasteiger partial charge in [-0.2, -0.15) is 5.10 Å². The van der Waals surface area contributed by atoms with Crippen molar-refractivity contribution in [3.63, 3.8) is 0 Å². The molecule has 118 valence electrons. The molecule has 5 heteroatoms. The molecule has 2 N–H and O–H groups in total. The van der Waals surface area contributed by atoms with Crippen molar-refractivity contribution >= 4 is 22.6 Å². The zero-order chi connectivity index (χ0) is 15.9. The number of anilines is 2. The summed E-state index contributed by atoms with van der Waals surface area (Å²) in [4.78, 5) is 4.35. The standard InChI is InChI=1S/C19H16N4O/c1-2-12-4-5-14(8-13(12)3-1)18-11-20-19(24-18)22-16-6-7-17-15(9-16)10-21-23-17/h4-11H,1-3H2,(H,20,22)(H,21,23). The molecule has 0 saturated heterocycles. The van der Waals surface area contributed by atoms with Crippen LogP contribution in [-0.2, 0) is 12.8 Å². The first-order valence-electron chi connectivity index (χ1n) is 8.13. The normalized spacial score (nSPS) is 13.3. The molecule has 0 amide bonds. The van der Waals surface area contributed by atoms with E-state index in [0.29, 0.717) is 6.01 Å². The smallest absolute Gasteiger partial charge is 0.299 e. The number of hydrogen-bond donors (Lipinski definition) is 2. The van der Waals surface area contributed by atoms with Crippen LogP contribution in [0, 0.1) is 0 Å². The number of oxazole rings is 1. The molecule has 5 rings (SSSR count). The molecule has 5 nitrogen and oxygen atoms in total. The Kier molecular flexibility index (Phi) is 2.91. The van der Waals surface area contributed by atoms with Crippen LogP contribution in [0.4, 0.5) is 11.7 Å². The van der Waals surface area contributed by atoms with Gasteiger partial charge in [0.2, 0.25) is 0 Å². The lowest BCUT2D eigenvalue weighted by Gasteiger charge is -2.03. The van der Waals surface area contributed by atoms with Crippen LogP contribution in [0.2, 0.25) is 0 Å². The number of aryl methyl sites for hydroxylation is 2. The van der Waals surface area contributed by atoms with E-state index in [1.54, 1.807) is 12.4 Å². The van der Waals surface area contributed by atoms with Crippen LogP contribution >= 0.6 is 0 Å². The van der Waals surface area contributed by atoms with E-state index >= 15 is 0 Å². The van der Waals surface area contributed by atoms with Crippen LogP contribution in [0.3, 0.4) is 0 Å². The van der Waals surface area contributed by atoms with Crippen molar-refractivity contribution in [1.82, 2.24) is 15.2 Å². The van der Waals surface area contributed by atoms with Crippen LogP contribution < -0.4 is 5.32 Å². The molecule has 24 heavy (non-hydrogen) atoms. The molecule has 2 heterocycles. The fraction of sp³-hybridized carbons (Fsp3) is 0.158. The Balaban J connectivity index is 1.42. The second kappa shape index (κ2) is 5.23. The van der Waals surface area contributed by atoms with Crippen molar-refractivity contribution in [3.8, 4) is 11.3 Å². The number of aromatic amines is 1. The minimum Gasteiger partial charge on any atom is -0.423 e. The summed E-state index contributed by atoms with van der Waals surface area (Å²) in [6.45, 7) is 0. The molecular weight excluding hydrogens is 300 g/mol. The Morgan fingerprint density at radius 2 is 1.96 bits per heavy atom. The Bertz CT molecular complexity index is 1030. The lowest BCUT2D eigenvalue weighted by Crippen LogP contribution is -1.89. The van der Waals surface area contributed by atoms with Gasteiger partial charge in [-0.15, -0.1) is 0 Å². The van der Waals surface area contributed by atoms with Crippen LogP contribution in [0.15, 0.2) is 53.2 Å². The van der Waals surface area contributed by atoms with E-state index in [1.807, 2.05) is 18.2 Å². The van der Waals surface area contributed by atoms with Gasteiger partial charge in [0.05, 0.1) is 17.9 Å². The number of hydrogen-bond acceptors (Lipinski definition) is 4. The van der Waals surface area contributed by atoms with Crippen molar-refractivity contribution in [3.05, 3.63) is 59.9 Å². The highest BCUT2D eigenvalue weighted by Crippen LogP contribution is 2.30. The Morgan fingerprint density at radius 3 is 2.96 bits per heavy atom. The molecule has 2 aromatic heterocycles. The molecule has 4 aromatic rings. The van der Waals surface area contributed by atoms with Crippen LogP contribution in [-0.4, -0.2) is 15.2 Å². The number of nitrogens with one attached hydrogen (secondary N) is 2. The quantitative estimate of drug-likeness (QED) is 0.586. The minimum atomic E-state index is 0.494. The largest absolute Gasteiger partial charge is 0.423 e. The van der Waals surface area contributed by atoms with Crippen molar-refractivity contribution in [1.29, 1.82) is 0 Å².